The van der Waals surface area contributed by atoms with Crippen LogP contribution in [0.25, 0.3) is 11.4 Å². The van der Waals surface area contributed by atoms with Gasteiger partial charge < -0.3 is 9.30 Å². The lowest BCUT2D eigenvalue weighted by atomic mass is 10.2. The number of ether oxygens (including phenoxy) is 1. The third-order valence-corrected chi connectivity index (χ3v) is 5.86. The van der Waals surface area contributed by atoms with Crippen LogP contribution in [0, 0.1) is 6.92 Å². The summed E-state index contributed by atoms with van der Waals surface area (Å²) in [6.45, 7) is 7.28. The molecule has 2 aromatic rings. The number of sulfone groups is 1. The highest BCUT2D eigenvalue weighted by molar-refractivity contribution is 7.91. The van der Waals surface area contributed by atoms with Crippen molar-refractivity contribution in [3.8, 4) is 17.4 Å². The summed E-state index contributed by atoms with van der Waals surface area (Å²) < 4.78 is 31.4. The topological polar surface area (TPSA) is 104 Å². The summed E-state index contributed by atoms with van der Waals surface area (Å²) in [5.74, 6) is 0.105. The van der Waals surface area contributed by atoms with Gasteiger partial charge in [-0.2, -0.15) is 9.97 Å². The van der Waals surface area contributed by atoms with Crippen molar-refractivity contribution in [3.05, 3.63) is 34.0 Å². The molecule has 26 heavy (non-hydrogen) atoms. The van der Waals surface area contributed by atoms with E-state index in [2.05, 4.69) is 15.0 Å². The van der Waals surface area contributed by atoms with Gasteiger partial charge in [-0.05, 0) is 33.3 Å². The van der Waals surface area contributed by atoms with Gasteiger partial charge in [0.15, 0.2) is 21.5 Å². The highest BCUT2D eigenvalue weighted by Crippen LogP contribution is 2.19. The number of nitrogens with zero attached hydrogens (tertiary/aromatic N) is 4. The number of hydrogen-bond acceptors (Lipinski definition) is 7. The zero-order valence-corrected chi connectivity index (χ0v) is 16.5. The van der Waals surface area contributed by atoms with Crippen LogP contribution in [0.3, 0.4) is 0 Å². The van der Waals surface area contributed by atoms with E-state index in [-0.39, 0.29) is 29.0 Å². The number of hydrogen-bond donors (Lipinski definition) is 0. The molecule has 8 nitrogen and oxygen atoms in total. The van der Waals surface area contributed by atoms with E-state index in [1.54, 1.807) is 40.1 Å². The number of aromatic nitrogens is 4. The average Bonchev–Trinajstić information content (AvgIpc) is 2.56. The maximum Gasteiger partial charge on any atom is 0.320 e. The first kappa shape index (κ1) is 20.0. The van der Waals surface area contributed by atoms with E-state index >= 15 is 0 Å². The standard InChI is InChI=1S/C17H24N4O4S/c1-6-7-25-17-19-14(10-26(23,24)11(2)3)18-15(20-17)13-8-12(4)16(22)21(5)9-13/h8-9,11H,6-7,10H2,1-5H3. The van der Waals surface area contributed by atoms with E-state index in [4.69, 9.17) is 4.74 Å². The van der Waals surface area contributed by atoms with Crippen molar-refractivity contribution in [2.45, 2.75) is 45.1 Å². The quantitative estimate of drug-likeness (QED) is 0.719. The van der Waals surface area contributed by atoms with Gasteiger partial charge in [0.2, 0.25) is 0 Å². The van der Waals surface area contributed by atoms with Gasteiger partial charge in [0.25, 0.3) is 5.56 Å². The first-order valence-corrected chi connectivity index (χ1v) is 10.1. The Balaban J connectivity index is 2.55. The molecule has 2 aromatic heterocycles. The average molecular weight is 380 g/mol. The van der Waals surface area contributed by atoms with Crippen LogP contribution in [0.15, 0.2) is 17.1 Å². The van der Waals surface area contributed by atoms with E-state index in [0.717, 1.165) is 6.42 Å². The molecule has 0 bridgehead atoms. The molecule has 0 saturated heterocycles. The summed E-state index contributed by atoms with van der Waals surface area (Å²) in [4.78, 5) is 24.6. The van der Waals surface area contributed by atoms with Crippen molar-refractivity contribution in [1.29, 1.82) is 0 Å². The Labute approximate surface area is 153 Å². The SMILES string of the molecule is CCCOc1nc(CS(=O)(=O)C(C)C)nc(-c2cc(C)c(=O)n(C)c2)n1. The molecular formula is C17H24N4O4S. The molecule has 0 radical (unpaired) electrons. The summed E-state index contributed by atoms with van der Waals surface area (Å²) in [6.07, 6.45) is 2.37. The molecule has 0 aliphatic carbocycles. The lowest BCUT2D eigenvalue weighted by molar-refractivity contribution is 0.290. The highest BCUT2D eigenvalue weighted by atomic mass is 32.2. The third kappa shape index (κ3) is 4.66. The summed E-state index contributed by atoms with van der Waals surface area (Å²) in [6, 6.07) is 1.75. The fourth-order valence-electron chi connectivity index (χ4n) is 2.20. The van der Waals surface area contributed by atoms with E-state index < -0.39 is 15.1 Å². The van der Waals surface area contributed by atoms with Crippen molar-refractivity contribution in [1.82, 2.24) is 19.5 Å². The Morgan fingerprint density at radius 2 is 1.92 bits per heavy atom. The summed E-state index contributed by atoms with van der Waals surface area (Å²) in [5, 5.41) is -0.539. The molecule has 0 aliphatic rings. The summed E-state index contributed by atoms with van der Waals surface area (Å²) in [5.41, 5.74) is 1.02. The van der Waals surface area contributed by atoms with Crippen LogP contribution < -0.4 is 10.3 Å². The minimum absolute atomic E-state index is 0.0808. The van der Waals surface area contributed by atoms with Crippen LogP contribution >= 0.6 is 0 Å². The molecule has 0 spiro atoms. The van der Waals surface area contributed by atoms with Gasteiger partial charge in [-0.15, -0.1) is 0 Å². The molecule has 142 valence electrons. The van der Waals surface area contributed by atoms with E-state index in [1.165, 1.54) is 4.57 Å². The molecule has 0 N–H and O–H groups in total. The fourth-order valence-corrected chi connectivity index (χ4v) is 3.02. The summed E-state index contributed by atoms with van der Waals surface area (Å²) in [7, 11) is -1.74. The normalized spacial score (nSPS) is 11.8. The lowest BCUT2D eigenvalue weighted by Crippen LogP contribution is -2.20. The van der Waals surface area contributed by atoms with Gasteiger partial charge in [-0.3, -0.25) is 4.79 Å². The van der Waals surface area contributed by atoms with Crippen LogP contribution in [0.5, 0.6) is 6.01 Å². The second-order valence-electron chi connectivity index (χ2n) is 6.39. The van der Waals surface area contributed by atoms with Crippen LogP contribution in [-0.4, -0.2) is 39.8 Å². The molecule has 0 fully saturated rings. The van der Waals surface area contributed by atoms with Crippen LogP contribution in [0.2, 0.25) is 0 Å². The molecule has 9 heteroatoms. The molecule has 0 aromatic carbocycles. The Bertz CT molecular complexity index is 925. The second kappa shape index (κ2) is 7.94. The van der Waals surface area contributed by atoms with Crippen molar-refractivity contribution >= 4 is 9.84 Å². The van der Waals surface area contributed by atoms with Crippen LogP contribution in [-0.2, 0) is 22.6 Å². The van der Waals surface area contributed by atoms with Gasteiger partial charge in [0.1, 0.15) is 5.75 Å². The second-order valence-corrected chi connectivity index (χ2v) is 8.95. The van der Waals surface area contributed by atoms with Gasteiger partial charge >= 0.3 is 6.01 Å². The van der Waals surface area contributed by atoms with Crippen molar-refractivity contribution in [2.24, 2.45) is 7.05 Å². The predicted molar refractivity (Wildman–Crippen MR) is 98.8 cm³/mol. The van der Waals surface area contributed by atoms with Crippen molar-refractivity contribution < 1.29 is 13.2 Å². The smallest absolute Gasteiger partial charge is 0.320 e. The van der Waals surface area contributed by atoms with E-state index in [9.17, 15) is 13.2 Å². The Morgan fingerprint density at radius 3 is 2.50 bits per heavy atom. The molecular weight excluding hydrogens is 356 g/mol. The Morgan fingerprint density at radius 1 is 1.23 bits per heavy atom. The largest absolute Gasteiger partial charge is 0.463 e. The van der Waals surface area contributed by atoms with E-state index in [1.807, 2.05) is 6.92 Å². The third-order valence-electron chi connectivity index (χ3n) is 3.77. The molecule has 2 rings (SSSR count). The van der Waals surface area contributed by atoms with E-state index in [0.29, 0.717) is 17.7 Å². The Hall–Kier alpha value is -2.29. The first-order chi connectivity index (χ1) is 12.1. The maximum absolute atomic E-state index is 12.2. The van der Waals surface area contributed by atoms with Gasteiger partial charge in [-0.25, -0.2) is 13.4 Å². The maximum atomic E-state index is 12.2. The molecule has 2 heterocycles. The molecule has 0 amide bonds. The highest BCUT2D eigenvalue weighted by Gasteiger charge is 2.21. The predicted octanol–water partition coefficient (Wildman–Crippen LogP) is 1.66. The van der Waals surface area contributed by atoms with Crippen LogP contribution in [0.4, 0.5) is 0 Å². The number of rotatable bonds is 7. The van der Waals surface area contributed by atoms with Crippen molar-refractivity contribution in [2.75, 3.05) is 6.61 Å². The van der Waals surface area contributed by atoms with Gasteiger partial charge in [0.05, 0.1) is 11.9 Å². The molecule has 0 aliphatic heterocycles. The lowest BCUT2D eigenvalue weighted by Gasteiger charge is -2.11. The summed E-state index contributed by atoms with van der Waals surface area (Å²) >= 11 is 0. The number of aryl methyl sites for hydroxylation is 2. The minimum atomic E-state index is -3.37. The zero-order valence-electron chi connectivity index (χ0n) is 15.7. The minimum Gasteiger partial charge on any atom is -0.463 e. The zero-order chi connectivity index (χ0) is 19.5. The molecule has 0 atom stereocenters. The van der Waals surface area contributed by atoms with Gasteiger partial charge in [0, 0.05) is 24.4 Å². The first-order valence-electron chi connectivity index (χ1n) is 8.41. The fraction of sp³-hybridized carbons (Fsp3) is 0.529. The molecule has 0 unspecified atom stereocenters. The Kier molecular flexibility index (Phi) is 6.12. The van der Waals surface area contributed by atoms with Crippen LogP contribution in [0.1, 0.15) is 38.6 Å². The van der Waals surface area contributed by atoms with Gasteiger partial charge in [-0.1, -0.05) is 6.92 Å². The van der Waals surface area contributed by atoms with Crippen molar-refractivity contribution in [3.63, 3.8) is 0 Å². The molecule has 0 saturated carbocycles. The number of pyridine rings is 1. The monoisotopic (exact) mass is 380 g/mol.